The summed E-state index contributed by atoms with van der Waals surface area (Å²) in [5.74, 6) is -0.349. The molecule has 0 aliphatic carbocycles. The first-order chi connectivity index (χ1) is 19.8. The molecule has 2 amide bonds. The molecule has 0 saturated carbocycles. The van der Waals surface area contributed by atoms with Crippen LogP contribution in [-0.4, -0.2) is 50.2 Å². The highest BCUT2D eigenvalue weighted by molar-refractivity contribution is 7.99. The second-order valence-electron chi connectivity index (χ2n) is 9.22. The molecule has 2 heterocycles. The SMILES string of the molecule is COc1ccc(C2=NN(C(=O)CSc3nnc(CNC(=O)c4cccc(F)c4)n3C)[C@H](c3ccc(F)cc3)C2)cc1. The summed E-state index contributed by atoms with van der Waals surface area (Å²) in [6.07, 6.45) is 0.466. The molecule has 3 aromatic carbocycles. The molecule has 210 valence electrons. The number of methoxy groups -OCH3 is 1. The van der Waals surface area contributed by atoms with Gasteiger partial charge in [-0.05, 0) is 65.7 Å². The summed E-state index contributed by atoms with van der Waals surface area (Å²) in [6, 6.07) is 18.5. The fraction of sp³-hybridized carbons (Fsp3) is 0.207. The Balaban J connectivity index is 1.27. The Hall–Kier alpha value is -4.58. The van der Waals surface area contributed by atoms with Crippen molar-refractivity contribution in [2.75, 3.05) is 12.9 Å². The molecule has 0 bridgehead atoms. The second kappa shape index (κ2) is 12.3. The van der Waals surface area contributed by atoms with Crippen molar-refractivity contribution < 1.29 is 23.1 Å². The van der Waals surface area contributed by atoms with Crippen LogP contribution in [0.5, 0.6) is 5.75 Å². The van der Waals surface area contributed by atoms with E-state index in [1.165, 1.54) is 47.1 Å². The monoisotopic (exact) mass is 576 g/mol. The van der Waals surface area contributed by atoms with E-state index in [0.29, 0.717) is 23.2 Å². The molecule has 0 fully saturated rings. The van der Waals surface area contributed by atoms with Crippen molar-refractivity contribution >= 4 is 29.3 Å². The minimum Gasteiger partial charge on any atom is -0.497 e. The third kappa shape index (κ3) is 6.43. The van der Waals surface area contributed by atoms with Gasteiger partial charge >= 0.3 is 0 Å². The summed E-state index contributed by atoms with van der Waals surface area (Å²) >= 11 is 1.19. The van der Waals surface area contributed by atoms with Crippen molar-refractivity contribution in [2.24, 2.45) is 12.1 Å². The van der Waals surface area contributed by atoms with Crippen molar-refractivity contribution in [1.29, 1.82) is 0 Å². The molecule has 0 unspecified atom stereocenters. The van der Waals surface area contributed by atoms with Gasteiger partial charge in [0.25, 0.3) is 11.8 Å². The molecule has 1 aromatic heterocycles. The highest BCUT2D eigenvalue weighted by Crippen LogP contribution is 2.34. The predicted octanol–water partition coefficient (Wildman–Crippen LogP) is 4.50. The van der Waals surface area contributed by atoms with Crippen molar-refractivity contribution in [1.82, 2.24) is 25.1 Å². The van der Waals surface area contributed by atoms with Gasteiger partial charge in [-0.2, -0.15) is 5.10 Å². The van der Waals surface area contributed by atoms with E-state index in [0.717, 1.165) is 22.9 Å². The van der Waals surface area contributed by atoms with Gasteiger partial charge in [0.15, 0.2) is 11.0 Å². The molecule has 0 radical (unpaired) electrons. The number of nitrogens with zero attached hydrogens (tertiary/aromatic N) is 5. The molecule has 1 aliphatic rings. The number of hydrazone groups is 1. The van der Waals surface area contributed by atoms with Gasteiger partial charge in [0.1, 0.15) is 17.4 Å². The van der Waals surface area contributed by atoms with Gasteiger partial charge in [-0.25, -0.2) is 13.8 Å². The smallest absolute Gasteiger partial charge is 0.253 e. The number of carbonyl (C=O) groups excluding carboxylic acids is 2. The minimum absolute atomic E-state index is 0.0265. The van der Waals surface area contributed by atoms with E-state index in [1.54, 1.807) is 30.9 Å². The highest BCUT2D eigenvalue weighted by Gasteiger charge is 2.33. The Bertz CT molecular complexity index is 1590. The number of nitrogens with one attached hydrogen (secondary N) is 1. The molecule has 41 heavy (non-hydrogen) atoms. The molecule has 1 aliphatic heterocycles. The van der Waals surface area contributed by atoms with E-state index < -0.39 is 17.8 Å². The standard InChI is InChI=1S/C29H26F2N6O3S/c1-36-26(16-32-28(39)20-4-3-5-22(31)14-20)33-34-29(36)41-17-27(38)37-25(19-6-10-21(30)11-7-19)15-24(35-37)18-8-12-23(40-2)13-9-18/h3-14,25H,15-17H2,1-2H3,(H,32,39)/t25-/m0/s1. The molecule has 1 atom stereocenters. The summed E-state index contributed by atoms with van der Waals surface area (Å²) in [5.41, 5.74) is 2.56. The zero-order valence-electron chi connectivity index (χ0n) is 22.3. The lowest BCUT2D eigenvalue weighted by Gasteiger charge is -2.22. The van der Waals surface area contributed by atoms with Crippen LogP contribution in [0.3, 0.4) is 0 Å². The van der Waals surface area contributed by atoms with Gasteiger partial charge < -0.3 is 14.6 Å². The lowest BCUT2D eigenvalue weighted by molar-refractivity contribution is -0.130. The minimum atomic E-state index is -0.500. The number of halogens is 2. The molecule has 0 spiro atoms. The summed E-state index contributed by atoms with van der Waals surface area (Å²) in [5, 5.41) is 17.5. The van der Waals surface area contributed by atoms with Gasteiger partial charge in [0.2, 0.25) is 0 Å². The fourth-order valence-electron chi connectivity index (χ4n) is 4.35. The Morgan fingerprint density at radius 3 is 2.49 bits per heavy atom. The Labute approximate surface area is 239 Å². The van der Waals surface area contributed by atoms with Crippen LogP contribution in [0.4, 0.5) is 8.78 Å². The largest absolute Gasteiger partial charge is 0.497 e. The molecule has 12 heteroatoms. The quantitative estimate of drug-likeness (QED) is 0.295. The number of benzene rings is 3. The number of ether oxygens (including phenoxy) is 1. The topological polar surface area (TPSA) is 102 Å². The number of thioether (sulfide) groups is 1. The first-order valence-electron chi connectivity index (χ1n) is 12.7. The number of rotatable bonds is 9. The van der Waals surface area contributed by atoms with Crippen LogP contribution in [0.1, 0.15) is 39.8 Å². The van der Waals surface area contributed by atoms with Gasteiger partial charge in [0.05, 0.1) is 31.2 Å². The molecular formula is C29H26F2N6O3S. The van der Waals surface area contributed by atoms with Crippen molar-refractivity contribution in [3.8, 4) is 5.75 Å². The fourth-order valence-corrected chi connectivity index (χ4v) is 5.13. The van der Waals surface area contributed by atoms with Crippen LogP contribution < -0.4 is 10.1 Å². The van der Waals surface area contributed by atoms with Gasteiger partial charge in [0, 0.05) is 19.0 Å². The van der Waals surface area contributed by atoms with E-state index in [1.807, 2.05) is 24.3 Å². The van der Waals surface area contributed by atoms with E-state index >= 15 is 0 Å². The summed E-state index contributed by atoms with van der Waals surface area (Å²) < 4.78 is 34.0. The van der Waals surface area contributed by atoms with Crippen LogP contribution in [0, 0.1) is 11.6 Å². The first-order valence-corrected chi connectivity index (χ1v) is 13.6. The van der Waals surface area contributed by atoms with E-state index in [4.69, 9.17) is 4.74 Å². The van der Waals surface area contributed by atoms with E-state index in [-0.39, 0.29) is 29.6 Å². The lowest BCUT2D eigenvalue weighted by atomic mass is 9.98. The molecule has 4 aromatic rings. The van der Waals surface area contributed by atoms with Gasteiger partial charge in [-0.15, -0.1) is 10.2 Å². The highest BCUT2D eigenvalue weighted by atomic mass is 32.2. The molecule has 5 rings (SSSR count). The number of hydrogen-bond donors (Lipinski definition) is 1. The lowest BCUT2D eigenvalue weighted by Crippen LogP contribution is -2.28. The third-order valence-electron chi connectivity index (χ3n) is 6.59. The number of aromatic nitrogens is 3. The maximum absolute atomic E-state index is 13.6. The number of carbonyl (C=O) groups is 2. The van der Waals surface area contributed by atoms with Crippen molar-refractivity contribution in [3.05, 3.63) is 107 Å². The normalized spacial score (nSPS) is 14.6. The van der Waals surface area contributed by atoms with Crippen LogP contribution in [0.15, 0.2) is 83.1 Å². The third-order valence-corrected chi connectivity index (χ3v) is 7.59. The average molecular weight is 577 g/mol. The second-order valence-corrected chi connectivity index (χ2v) is 10.2. The number of hydrogen-bond acceptors (Lipinski definition) is 7. The molecule has 1 N–H and O–H groups in total. The van der Waals surface area contributed by atoms with E-state index in [9.17, 15) is 18.4 Å². The van der Waals surface area contributed by atoms with Crippen molar-refractivity contribution in [3.63, 3.8) is 0 Å². The summed E-state index contributed by atoms with van der Waals surface area (Å²) in [6.45, 7) is 0.0711. The predicted molar refractivity (Wildman–Crippen MR) is 149 cm³/mol. The first kappa shape index (κ1) is 28.0. The van der Waals surface area contributed by atoms with Crippen molar-refractivity contribution in [2.45, 2.75) is 24.2 Å². The van der Waals surface area contributed by atoms with Crippen LogP contribution >= 0.6 is 11.8 Å². The van der Waals surface area contributed by atoms with Crippen LogP contribution in [0.2, 0.25) is 0 Å². The van der Waals surface area contributed by atoms with Gasteiger partial charge in [-0.3, -0.25) is 9.59 Å². The van der Waals surface area contributed by atoms with E-state index in [2.05, 4.69) is 20.6 Å². The van der Waals surface area contributed by atoms with Crippen LogP contribution in [0.25, 0.3) is 0 Å². The maximum Gasteiger partial charge on any atom is 0.253 e. The summed E-state index contributed by atoms with van der Waals surface area (Å²) in [4.78, 5) is 25.8. The molecule has 0 saturated heterocycles. The average Bonchev–Trinajstić information content (AvgIpc) is 3.59. The van der Waals surface area contributed by atoms with Crippen LogP contribution in [-0.2, 0) is 18.4 Å². The van der Waals surface area contributed by atoms with Gasteiger partial charge in [-0.1, -0.05) is 30.0 Å². The zero-order valence-corrected chi connectivity index (χ0v) is 23.1. The summed E-state index contributed by atoms with van der Waals surface area (Å²) in [7, 11) is 3.32. The Morgan fingerprint density at radius 1 is 1.02 bits per heavy atom. The Morgan fingerprint density at radius 2 is 1.78 bits per heavy atom. The molecular weight excluding hydrogens is 550 g/mol. The maximum atomic E-state index is 13.6. The zero-order chi connectivity index (χ0) is 28.9. The Kier molecular flexibility index (Phi) is 8.39. The number of amides is 2. The molecule has 9 nitrogen and oxygen atoms in total.